The van der Waals surface area contributed by atoms with E-state index in [0.717, 1.165) is 23.2 Å². The number of nitrogens with one attached hydrogen (secondary N) is 2. The van der Waals surface area contributed by atoms with Crippen LogP contribution in [0.4, 0.5) is 11.4 Å². The number of para-hydroxylation sites is 1. The summed E-state index contributed by atoms with van der Waals surface area (Å²) >= 11 is 0. The van der Waals surface area contributed by atoms with Crippen molar-refractivity contribution in [3.8, 4) is 0 Å². The Bertz CT molecular complexity index is 953. The third-order valence-electron chi connectivity index (χ3n) is 7.26. The molecule has 0 saturated heterocycles. The van der Waals surface area contributed by atoms with Gasteiger partial charge in [-0.1, -0.05) is 62.4 Å². The normalized spacial score (nSPS) is 22.1. The van der Waals surface area contributed by atoms with E-state index in [0.29, 0.717) is 30.9 Å². The molecule has 1 saturated carbocycles. The SMILES string of the molecule is Nc1ccc(CC2Cc3ccccc3NC(=O)[C@H]2N[C@@H](CCC2CCCCC2)C(=O)O)cc1. The molecule has 0 spiro atoms. The third kappa shape index (κ3) is 6.14. The molecule has 1 unspecified atom stereocenters. The zero-order valence-corrected chi connectivity index (χ0v) is 19.1. The van der Waals surface area contributed by atoms with Crippen molar-refractivity contribution in [1.82, 2.24) is 5.32 Å². The molecule has 5 N–H and O–H groups in total. The largest absolute Gasteiger partial charge is 0.480 e. The van der Waals surface area contributed by atoms with Gasteiger partial charge < -0.3 is 16.2 Å². The Morgan fingerprint density at radius 2 is 1.82 bits per heavy atom. The molecule has 0 radical (unpaired) electrons. The van der Waals surface area contributed by atoms with Crippen LogP contribution in [-0.4, -0.2) is 29.1 Å². The summed E-state index contributed by atoms with van der Waals surface area (Å²) in [6.45, 7) is 0. The number of nitrogens with two attached hydrogens (primary N) is 1. The fourth-order valence-corrected chi connectivity index (χ4v) is 5.38. The van der Waals surface area contributed by atoms with Crippen LogP contribution in [0.3, 0.4) is 0 Å². The van der Waals surface area contributed by atoms with E-state index in [9.17, 15) is 14.7 Å². The van der Waals surface area contributed by atoms with Crippen LogP contribution < -0.4 is 16.4 Å². The Morgan fingerprint density at radius 1 is 1.09 bits per heavy atom. The molecule has 1 aliphatic heterocycles. The number of carboxylic acids is 1. The van der Waals surface area contributed by atoms with Gasteiger partial charge in [-0.15, -0.1) is 0 Å². The first-order chi connectivity index (χ1) is 16.0. The average Bonchev–Trinajstić information content (AvgIpc) is 2.94. The maximum absolute atomic E-state index is 13.3. The summed E-state index contributed by atoms with van der Waals surface area (Å²) in [6.07, 6.45) is 8.92. The second-order valence-corrected chi connectivity index (χ2v) is 9.67. The molecule has 6 heteroatoms. The Labute approximate surface area is 196 Å². The predicted octanol–water partition coefficient (Wildman–Crippen LogP) is 4.39. The van der Waals surface area contributed by atoms with E-state index >= 15 is 0 Å². The topological polar surface area (TPSA) is 104 Å². The van der Waals surface area contributed by atoms with Crippen molar-refractivity contribution < 1.29 is 14.7 Å². The lowest BCUT2D eigenvalue weighted by atomic mass is 9.84. The molecule has 1 heterocycles. The van der Waals surface area contributed by atoms with E-state index in [4.69, 9.17) is 5.73 Å². The molecule has 2 aromatic rings. The lowest BCUT2D eigenvalue weighted by Gasteiger charge is -2.29. The fraction of sp³-hybridized carbons (Fsp3) is 0.481. The first-order valence-electron chi connectivity index (χ1n) is 12.2. The minimum Gasteiger partial charge on any atom is -0.480 e. The van der Waals surface area contributed by atoms with Crippen LogP contribution in [0.5, 0.6) is 0 Å². The van der Waals surface area contributed by atoms with Crippen LogP contribution in [0.2, 0.25) is 0 Å². The second kappa shape index (κ2) is 10.8. The van der Waals surface area contributed by atoms with E-state index < -0.39 is 18.1 Å². The molecule has 6 nitrogen and oxygen atoms in total. The van der Waals surface area contributed by atoms with Crippen LogP contribution in [0, 0.1) is 11.8 Å². The number of aliphatic carboxylic acids is 1. The Hall–Kier alpha value is -2.86. The average molecular weight is 450 g/mol. The molecular weight excluding hydrogens is 414 g/mol. The number of fused-ring (bicyclic) bond motifs is 1. The van der Waals surface area contributed by atoms with Gasteiger partial charge in [0, 0.05) is 11.4 Å². The minimum atomic E-state index is -0.883. The predicted molar refractivity (Wildman–Crippen MR) is 131 cm³/mol. The van der Waals surface area contributed by atoms with Gasteiger partial charge in [0.15, 0.2) is 0 Å². The van der Waals surface area contributed by atoms with Gasteiger partial charge in [-0.05, 0) is 66.8 Å². The lowest BCUT2D eigenvalue weighted by molar-refractivity contribution is -0.140. The lowest BCUT2D eigenvalue weighted by Crippen LogP contribution is -2.52. The van der Waals surface area contributed by atoms with E-state index in [1.807, 2.05) is 48.5 Å². The second-order valence-electron chi connectivity index (χ2n) is 9.67. The summed E-state index contributed by atoms with van der Waals surface area (Å²) in [6, 6.07) is 14.2. The van der Waals surface area contributed by atoms with Crippen molar-refractivity contribution in [2.24, 2.45) is 11.8 Å². The number of carboxylic acid groups (broad SMARTS) is 1. The number of carbonyl (C=O) groups is 2. The smallest absolute Gasteiger partial charge is 0.320 e. The fourth-order valence-electron chi connectivity index (χ4n) is 5.38. The summed E-state index contributed by atoms with van der Waals surface area (Å²) in [5, 5.41) is 16.3. The molecule has 0 aromatic heterocycles. The maximum atomic E-state index is 13.3. The molecule has 176 valence electrons. The quantitative estimate of drug-likeness (QED) is 0.447. The molecule has 2 aromatic carbocycles. The number of hydrogen-bond donors (Lipinski definition) is 4. The van der Waals surface area contributed by atoms with Gasteiger partial charge in [0.1, 0.15) is 6.04 Å². The molecular formula is C27H35N3O3. The summed E-state index contributed by atoms with van der Waals surface area (Å²) in [5.41, 5.74) is 9.52. The highest BCUT2D eigenvalue weighted by Gasteiger charge is 2.35. The van der Waals surface area contributed by atoms with Gasteiger partial charge in [0.2, 0.25) is 5.91 Å². The summed E-state index contributed by atoms with van der Waals surface area (Å²) in [5.74, 6) is -0.523. The van der Waals surface area contributed by atoms with Crippen molar-refractivity contribution in [3.05, 3.63) is 59.7 Å². The van der Waals surface area contributed by atoms with E-state index in [2.05, 4.69) is 10.6 Å². The molecule has 4 rings (SSSR count). The first kappa shape index (κ1) is 23.3. The van der Waals surface area contributed by atoms with Gasteiger partial charge in [-0.25, -0.2) is 0 Å². The number of carbonyl (C=O) groups excluding carboxylic acids is 1. The minimum absolute atomic E-state index is 0.0752. The molecule has 1 fully saturated rings. The highest BCUT2D eigenvalue weighted by molar-refractivity contribution is 5.97. The van der Waals surface area contributed by atoms with E-state index in [1.165, 1.54) is 32.1 Å². The molecule has 33 heavy (non-hydrogen) atoms. The molecule has 2 aliphatic rings. The molecule has 3 atom stereocenters. The van der Waals surface area contributed by atoms with Crippen LogP contribution in [0.15, 0.2) is 48.5 Å². The van der Waals surface area contributed by atoms with Crippen LogP contribution in [0.1, 0.15) is 56.1 Å². The molecule has 1 amide bonds. The summed E-state index contributed by atoms with van der Waals surface area (Å²) < 4.78 is 0. The number of amides is 1. The zero-order chi connectivity index (χ0) is 23.2. The number of benzene rings is 2. The highest BCUT2D eigenvalue weighted by atomic mass is 16.4. The number of nitrogen functional groups attached to an aromatic ring is 1. The first-order valence-corrected chi connectivity index (χ1v) is 12.2. The number of rotatable bonds is 8. The molecule has 0 bridgehead atoms. The Kier molecular flexibility index (Phi) is 7.65. The Balaban J connectivity index is 1.54. The van der Waals surface area contributed by atoms with Gasteiger partial charge >= 0.3 is 5.97 Å². The number of anilines is 2. The highest BCUT2D eigenvalue weighted by Crippen LogP contribution is 2.30. The monoisotopic (exact) mass is 449 g/mol. The van der Waals surface area contributed by atoms with Gasteiger partial charge in [-0.2, -0.15) is 0 Å². The van der Waals surface area contributed by atoms with E-state index in [1.54, 1.807) is 0 Å². The number of hydrogen-bond acceptors (Lipinski definition) is 4. The third-order valence-corrected chi connectivity index (χ3v) is 7.26. The van der Waals surface area contributed by atoms with E-state index in [-0.39, 0.29) is 11.8 Å². The van der Waals surface area contributed by atoms with Crippen LogP contribution in [0.25, 0.3) is 0 Å². The summed E-state index contributed by atoms with van der Waals surface area (Å²) in [7, 11) is 0. The van der Waals surface area contributed by atoms with Crippen molar-refractivity contribution in [1.29, 1.82) is 0 Å². The van der Waals surface area contributed by atoms with Gasteiger partial charge in [-0.3, -0.25) is 14.9 Å². The maximum Gasteiger partial charge on any atom is 0.320 e. The van der Waals surface area contributed by atoms with Crippen molar-refractivity contribution in [2.75, 3.05) is 11.1 Å². The van der Waals surface area contributed by atoms with Gasteiger partial charge in [0.05, 0.1) is 6.04 Å². The Morgan fingerprint density at radius 3 is 2.55 bits per heavy atom. The zero-order valence-electron chi connectivity index (χ0n) is 19.1. The van der Waals surface area contributed by atoms with Crippen molar-refractivity contribution in [3.63, 3.8) is 0 Å². The van der Waals surface area contributed by atoms with Gasteiger partial charge in [0.25, 0.3) is 0 Å². The van der Waals surface area contributed by atoms with Crippen LogP contribution >= 0.6 is 0 Å². The standard InChI is InChI=1S/C27H35N3O3/c28-22-13-10-19(11-14-22)16-21-17-20-8-4-5-9-23(20)30-26(31)25(21)29-24(27(32)33)15-12-18-6-2-1-3-7-18/h4-5,8-11,13-14,18,21,24-25,29H,1-3,6-7,12,15-17,28H2,(H,30,31)(H,32,33)/t21?,24-,25-/m0/s1. The van der Waals surface area contributed by atoms with Crippen molar-refractivity contribution in [2.45, 2.75) is 69.9 Å². The van der Waals surface area contributed by atoms with Crippen LogP contribution in [-0.2, 0) is 22.4 Å². The molecule has 1 aliphatic carbocycles. The summed E-state index contributed by atoms with van der Waals surface area (Å²) in [4.78, 5) is 25.5. The van der Waals surface area contributed by atoms with Crippen molar-refractivity contribution >= 4 is 23.3 Å².